The Bertz CT molecular complexity index is 1820. The van der Waals surface area contributed by atoms with E-state index in [1.54, 1.807) is 6.33 Å². The maximum absolute atomic E-state index is 13.8. The van der Waals surface area contributed by atoms with Crippen LogP contribution in [0.15, 0.2) is 67.3 Å². The number of methoxy groups -OCH3 is 1. The molecule has 7 rings (SSSR count). The minimum atomic E-state index is -0.560. The van der Waals surface area contributed by atoms with Crippen LogP contribution in [0, 0.1) is 17.8 Å². The number of aryl methyl sites for hydroxylation is 1. The summed E-state index contributed by atoms with van der Waals surface area (Å²) in [5, 5.41) is 0.971. The van der Waals surface area contributed by atoms with E-state index in [4.69, 9.17) is 21.1 Å². The minimum Gasteiger partial charge on any atom is -0.491 e. The van der Waals surface area contributed by atoms with Crippen molar-refractivity contribution in [3.8, 4) is 5.75 Å². The second kappa shape index (κ2) is 19.3. The molecule has 304 valence electrons. The average molecular weight is 804 g/mol. The van der Waals surface area contributed by atoms with E-state index in [9.17, 15) is 4.79 Å². The van der Waals surface area contributed by atoms with Gasteiger partial charge in [0.25, 0.3) is 5.91 Å². The molecule has 2 bridgehead atoms. The fourth-order valence-electron chi connectivity index (χ4n) is 8.94. The highest BCUT2D eigenvalue weighted by Crippen LogP contribution is 2.47. The summed E-state index contributed by atoms with van der Waals surface area (Å²) in [6.45, 7) is 17.5. The molecule has 1 aromatic heterocycles. The fraction of sp³-hybridized carbons (Fsp3) is 0.556. The third-order valence-electron chi connectivity index (χ3n) is 12.5. The molecule has 3 aromatic rings. The predicted octanol–water partition coefficient (Wildman–Crippen LogP) is 8.66. The number of carbonyl (C=O) groups excluding carboxylic acids is 1. The van der Waals surface area contributed by atoms with Crippen LogP contribution in [0.2, 0.25) is 5.02 Å². The molecule has 1 saturated heterocycles. The first-order chi connectivity index (χ1) is 27.2. The van der Waals surface area contributed by atoms with Crippen LogP contribution in [-0.4, -0.2) is 97.0 Å². The first-order valence-electron chi connectivity index (χ1n) is 20.8. The smallest absolute Gasteiger partial charge is 0.260 e. The molecule has 1 N–H and O–H groups in total. The molecule has 2 aromatic carbocycles. The number of amides is 1. The lowest BCUT2D eigenvalue weighted by atomic mass is 9.63. The molecular formula is C45H63ClN6O3S. The van der Waals surface area contributed by atoms with Crippen molar-refractivity contribution < 1.29 is 14.3 Å². The lowest BCUT2D eigenvalue weighted by molar-refractivity contribution is -0.0919. The van der Waals surface area contributed by atoms with E-state index in [0.29, 0.717) is 29.9 Å². The number of anilines is 2. The molecule has 7 unspecified atom stereocenters. The predicted molar refractivity (Wildman–Crippen MR) is 235 cm³/mol. The summed E-state index contributed by atoms with van der Waals surface area (Å²) in [4.78, 5) is 29.7. The highest BCUT2D eigenvalue weighted by molar-refractivity contribution is 8.13. The third-order valence-corrected chi connectivity index (χ3v) is 14.6. The average Bonchev–Trinajstić information content (AvgIpc) is 3.39. The number of rotatable bonds is 7. The number of hydrogen-bond acceptors (Lipinski definition) is 8. The first-order valence-corrected chi connectivity index (χ1v) is 22.6. The van der Waals surface area contributed by atoms with Crippen molar-refractivity contribution in [3.63, 3.8) is 0 Å². The fourth-order valence-corrected chi connectivity index (χ4v) is 10.3. The summed E-state index contributed by atoms with van der Waals surface area (Å²) < 4.78 is 16.7. The minimum absolute atomic E-state index is 0.0821. The Morgan fingerprint density at radius 3 is 2.50 bits per heavy atom. The van der Waals surface area contributed by atoms with Crippen molar-refractivity contribution in [1.82, 2.24) is 19.6 Å². The largest absolute Gasteiger partial charge is 0.491 e. The van der Waals surface area contributed by atoms with Crippen LogP contribution in [0.25, 0.3) is 0 Å². The van der Waals surface area contributed by atoms with E-state index >= 15 is 0 Å². The molecule has 0 radical (unpaired) electrons. The van der Waals surface area contributed by atoms with Gasteiger partial charge in [-0.15, -0.1) is 0 Å². The molecule has 3 aliphatic heterocycles. The summed E-state index contributed by atoms with van der Waals surface area (Å²) in [5.74, 6) is 6.39. The monoisotopic (exact) mass is 802 g/mol. The zero-order valence-electron chi connectivity index (χ0n) is 34.4. The summed E-state index contributed by atoms with van der Waals surface area (Å²) >= 11 is 6.53. The maximum Gasteiger partial charge on any atom is 0.260 e. The van der Waals surface area contributed by atoms with Gasteiger partial charge in [-0.3, -0.25) is 9.69 Å². The molecule has 7 atom stereocenters. The van der Waals surface area contributed by atoms with E-state index in [1.165, 1.54) is 11.1 Å². The first kappa shape index (κ1) is 42.2. The molecule has 56 heavy (non-hydrogen) atoms. The summed E-state index contributed by atoms with van der Waals surface area (Å²) in [7, 11) is 1.35. The lowest BCUT2D eigenvalue weighted by Gasteiger charge is -2.52. The molecule has 0 spiro atoms. The molecule has 1 amide bonds. The number of hydrogen-bond donors (Lipinski definition) is 1. The van der Waals surface area contributed by atoms with Crippen LogP contribution in [-0.2, 0) is 11.2 Å². The summed E-state index contributed by atoms with van der Waals surface area (Å²) in [6.07, 6.45) is 15.3. The number of aromatic nitrogens is 2. The molecule has 9 nitrogen and oxygen atoms in total. The van der Waals surface area contributed by atoms with Gasteiger partial charge < -0.3 is 24.0 Å². The van der Waals surface area contributed by atoms with E-state index in [1.807, 2.05) is 57.6 Å². The van der Waals surface area contributed by atoms with Crippen LogP contribution in [0.4, 0.5) is 11.4 Å². The number of piperazine rings is 1. The number of halogens is 1. The number of fused-ring (bicyclic) bond motifs is 2. The number of nitrogens with zero attached hydrogens (tertiary/aromatic N) is 5. The molecule has 4 heterocycles. The molecule has 1 aliphatic carbocycles. The number of nitrogens with one attached hydrogen (secondary N) is 1. The molecule has 4 aliphatic rings. The van der Waals surface area contributed by atoms with Gasteiger partial charge >= 0.3 is 0 Å². The SMILES string of the molecule is C=S1NC(=O)c2ccc3c(c2)N(CC(c2ccc(Cl)cc2CCC)CO3)CC2CCC2C(CN2CCN(c3cncnc3)CC2)(OC)/C=C/CC(C)C1C.CC. The van der Waals surface area contributed by atoms with Crippen molar-refractivity contribution in [3.05, 3.63) is 89.0 Å². The zero-order valence-corrected chi connectivity index (χ0v) is 36.0. The third kappa shape index (κ3) is 9.46. The summed E-state index contributed by atoms with van der Waals surface area (Å²) in [6, 6.07) is 12.3. The van der Waals surface area contributed by atoms with Crippen molar-refractivity contribution in [2.24, 2.45) is 17.8 Å². The van der Waals surface area contributed by atoms with Crippen molar-refractivity contribution >= 4 is 45.4 Å². The Labute approximate surface area is 343 Å². The Balaban J connectivity index is 0.00000262. The number of ether oxygens (including phenoxy) is 2. The summed E-state index contributed by atoms with van der Waals surface area (Å²) in [5.41, 5.74) is 4.86. The van der Waals surface area contributed by atoms with Gasteiger partial charge in [-0.2, -0.15) is 0 Å². The Kier molecular flexibility index (Phi) is 14.6. The normalized spacial score (nSPS) is 29.0. The highest BCUT2D eigenvalue weighted by atomic mass is 35.5. The standard InChI is InChI=1S/C43H57ClN6O3S.C2H6/c1-6-8-32-21-36(44)12-13-38(32)35-26-50-25-34-10-14-39(34)43(52-4,28-48-17-19-49(20-18-48)37-23-45-29-46-24-37)16-7-9-30(2)31(3)54(5)47-42(51)33-11-15-41(53-27-35)40(50)22-33;1-2/h7,11-13,15-16,21-24,29-31,34-35,39H,5-6,8-10,14,17-20,25-28H2,1-4H3,(H,47,51);1-2H3/b16-7+;. The maximum atomic E-state index is 13.8. The molecule has 2 fully saturated rings. The van der Waals surface area contributed by atoms with Crippen LogP contribution < -0.4 is 19.3 Å². The second-order valence-corrected chi connectivity index (χ2v) is 18.1. The second-order valence-electron chi connectivity index (χ2n) is 15.8. The molecular weight excluding hydrogens is 740 g/mol. The van der Waals surface area contributed by atoms with E-state index in [-0.39, 0.29) is 17.1 Å². The van der Waals surface area contributed by atoms with Gasteiger partial charge in [0.05, 0.1) is 30.4 Å². The Morgan fingerprint density at radius 1 is 1.04 bits per heavy atom. The van der Waals surface area contributed by atoms with Gasteiger partial charge in [0.2, 0.25) is 0 Å². The van der Waals surface area contributed by atoms with Crippen LogP contribution in [0.1, 0.15) is 87.7 Å². The van der Waals surface area contributed by atoms with Gasteiger partial charge in [0.15, 0.2) is 0 Å². The van der Waals surface area contributed by atoms with E-state index in [0.717, 1.165) is 100 Å². The van der Waals surface area contributed by atoms with E-state index < -0.39 is 16.3 Å². The van der Waals surface area contributed by atoms with Gasteiger partial charge in [-0.1, -0.05) is 87.4 Å². The number of carbonyl (C=O) groups is 1. The van der Waals surface area contributed by atoms with Crippen LogP contribution in [0.3, 0.4) is 0 Å². The van der Waals surface area contributed by atoms with Gasteiger partial charge in [0, 0.05) is 74.7 Å². The van der Waals surface area contributed by atoms with E-state index in [2.05, 4.69) is 80.3 Å². The zero-order chi connectivity index (χ0) is 39.8. The molecule has 11 heteroatoms. The number of benzene rings is 2. The quantitative estimate of drug-likeness (QED) is 0.188. The van der Waals surface area contributed by atoms with Gasteiger partial charge in [-0.05, 0) is 84.9 Å². The van der Waals surface area contributed by atoms with Crippen LogP contribution in [0.5, 0.6) is 5.75 Å². The van der Waals surface area contributed by atoms with Crippen LogP contribution >= 0.6 is 22.3 Å². The van der Waals surface area contributed by atoms with Crippen molar-refractivity contribution in [2.75, 3.05) is 69.3 Å². The highest BCUT2D eigenvalue weighted by Gasteiger charge is 2.48. The van der Waals surface area contributed by atoms with Crippen molar-refractivity contribution in [2.45, 2.75) is 83.5 Å². The van der Waals surface area contributed by atoms with Crippen molar-refractivity contribution in [1.29, 1.82) is 0 Å². The Morgan fingerprint density at radius 2 is 1.80 bits per heavy atom. The van der Waals surface area contributed by atoms with Gasteiger partial charge in [-0.25, -0.2) is 9.97 Å². The lowest BCUT2D eigenvalue weighted by Crippen LogP contribution is -2.58. The molecule has 1 saturated carbocycles. The number of allylic oxidation sites excluding steroid dienone is 1. The topological polar surface area (TPSA) is 83.1 Å². The Hall–Kier alpha value is -3.44. The van der Waals surface area contributed by atoms with Gasteiger partial charge in [0.1, 0.15) is 17.7 Å².